The third-order valence-electron chi connectivity index (χ3n) is 4.11. The molecule has 3 heterocycles. The second-order valence-corrected chi connectivity index (χ2v) is 5.79. The van der Waals surface area contributed by atoms with Crippen molar-refractivity contribution in [1.82, 2.24) is 34.8 Å². The van der Waals surface area contributed by atoms with Gasteiger partial charge in [0, 0.05) is 37.2 Å². The Bertz CT molecular complexity index is 1040. The number of hydrogen-bond acceptors (Lipinski definition) is 5. The van der Waals surface area contributed by atoms with Gasteiger partial charge in [-0.25, -0.2) is 14.6 Å². The first-order valence-electron chi connectivity index (χ1n) is 8.29. The zero-order valence-corrected chi connectivity index (χ0v) is 14.2. The van der Waals surface area contributed by atoms with E-state index < -0.39 is 0 Å². The maximum Gasteiger partial charge on any atom is 0.251 e. The summed E-state index contributed by atoms with van der Waals surface area (Å²) in [6, 6.07) is 9.23. The van der Waals surface area contributed by atoms with Gasteiger partial charge in [-0.3, -0.25) is 9.36 Å². The highest BCUT2D eigenvalue weighted by Crippen LogP contribution is 2.13. The molecule has 0 fully saturated rings. The highest BCUT2D eigenvalue weighted by atomic mass is 16.1. The van der Waals surface area contributed by atoms with Crippen molar-refractivity contribution in [2.75, 3.05) is 0 Å². The van der Waals surface area contributed by atoms with E-state index in [4.69, 9.17) is 0 Å². The zero-order valence-electron chi connectivity index (χ0n) is 14.2. The topological polar surface area (TPSA) is 90.5 Å². The highest BCUT2D eigenvalue weighted by Gasteiger charge is 2.10. The molecule has 4 rings (SSSR count). The summed E-state index contributed by atoms with van der Waals surface area (Å²) in [6.45, 7) is 3.14. The predicted octanol–water partition coefficient (Wildman–Crippen LogP) is 1.96. The number of carbonyl (C=O) groups excluding carboxylic acids is 1. The van der Waals surface area contributed by atoms with E-state index in [2.05, 4.69) is 25.6 Å². The van der Waals surface area contributed by atoms with Gasteiger partial charge in [0.25, 0.3) is 5.91 Å². The number of rotatable bonds is 5. The number of carbonyl (C=O) groups is 1. The van der Waals surface area contributed by atoms with Crippen molar-refractivity contribution in [1.29, 1.82) is 0 Å². The molecule has 0 bridgehead atoms. The molecule has 0 aliphatic heterocycles. The van der Waals surface area contributed by atoms with Gasteiger partial charge in [0.2, 0.25) is 0 Å². The third-order valence-corrected chi connectivity index (χ3v) is 4.11. The van der Waals surface area contributed by atoms with Crippen LogP contribution in [0.5, 0.6) is 0 Å². The molecular formula is C18H17N7O. The number of aryl methyl sites for hydroxylation is 1. The van der Waals surface area contributed by atoms with E-state index in [1.807, 2.05) is 35.9 Å². The maximum absolute atomic E-state index is 12.4. The SMILES string of the molecule is CCn1nnc2cc(C(=O)NCc3ccc(-n4ccnc4)nc3)ccc21. The number of nitrogens with one attached hydrogen (secondary N) is 1. The summed E-state index contributed by atoms with van der Waals surface area (Å²) in [7, 11) is 0. The third kappa shape index (κ3) is 3.04. The Morgan fingerprint density at radius 2 is 2.15 bits per heavy atom. The molecule has 0 spiro atoms. The molecule has 4 aromatic rings. The average Bonchev–Trinajstić information content (AvgIpc) is 3.35. The highest BCUT2D eigenvalue weighted by molar-refractivity contribution is 5.97. The number of aromatic nitrogens is 6. The van der Waals surface area contributed by atoms with Gasteiger partial charge >= 0.3 is 0 Å². The molecule has 1 aromatic carbocycles. The maximum atomic E-state index is 12.4. The minimum atomic E-state index is -0.156. The first-order chi connectivity index (χ1) is 12.7. The predicted molar refractivity (Wildman–Crippen MR) is 95.7 cm³/mol. The number of benzene rings is 1. The largest absolute Gasteiger partial charge is 0.348 e. The van der Waals surface area contributed by atoms with Crippen LogP contribution >= 0.6 is 0 Å². The summed E-state index contributed by atoms with van der Waals surface area (Å²) in [5.74, 6) is 0.624. The van der Waals surface area contributed by atoms with Crippen LogP contribution in [-0.4, -0.2) is 35.4 Å². The molecular weight excluding hydrogens is 330 g/mol. The van der Waals surface area contributed by atoms with Gasteiger partial charge in [-0.15, -0.1) is 5.10 Å². The Kier molecular flexibility index (Phi) is 4.14. The summed E-state index contributed by atoms with van der Waals surface area (Å²) in [4.78, 5) is 20.8. The Labute approximate surface area is 149 Å². The van der Waals surface area contributed by atoms with Crippen LogP contribution in [0.25, 0.3) is 16.9 Å². The normalized spacial score (nSPS) is 11.0. The molecule has 8 nitrogen and oxygen atoms in total. The van der Waals surface area contributed by atoms with Crippen LogP contribution < -0.4 is 5.32 Å². The molecule has 8 heteroatoms. The molecule has 26 heavy (non-hydrogen) atoms. The quantitative estimate of drug-likeness (QED) is 0.596. The molecule has 1 amide bonds. The number of hydrogen-bond donors (Lipinski definition) is 1. The van der Waals surface area contributed by atoms with Crippen LogP contribution in [0.15, 0.2) is 55.2 Å². The van der Waals surface area contributed by atoms with Crippen LogP contribution in [0.3, 0.4) is 0 Å². The lowest BCUT2D eigenvalue weighted by Crippen LogP contribution is -2.22. The van der Waals surface area contributed by atoms with E-state index in [1.54, 1.807) is 35.5 Å². The van der Waals surface area contributed by atoms with Crippen molar-refractivity contribution >= 4 is 16.9 Å². The standard InChI is InChI=1S/C18H17N7O/c1-2-25-16-5-4-14(9-15(16)22-23-25)18(26)21-11-13-3-6-17(20-10-13)24-8-7-19-12-24/h3-10,12H,2,11H2,1H3,(H,21,26). The molecule has 0 aliphatic rings. The zero-order chi connectivity index (χ0) is 17.9. The van der Waals surface area contributed by atoms with Crippen molar-refractivity contribution in [3.05, 3.63) is 66.4 Å². The summed E-state index contributed by atoms with van der Waals surface area (Å²) in [5, 5.41) is 11.1. The van der Waals surface area contributed by atoms with Crippen molar-refractivity contribution in [2.24, 2.45) is 0 Å². The second kappa shape index (κ2) is 6.75. The number of amides is 1. The van der Waals surface area contributed by atoms with Gasteiger partial charge in [-0.2, -0.15) is 0 Å². The molecule has 3 aromatic heterocycles. The van der Waals surface area contributed by atoms with Gasteiger partial charge in [-0.1, -0.05) is 11.3 Å². The minimum Gasteiger partial charge on any atom is -0.348 e. The van der Waals surface area contributed by atoms with Gasteiger partial charge in [-0.05, 0) is 36.8 Å². The average molecular weight is 347 g/mol. The minimum absolute atomic E-state index is 0.156. The van der Waals surface area contributed by atoms with E-state index in [0.29, 0.717) is 17.6 Å². The van der Waals surface area contributed by atoms with Crippen molar-refractivity contribution < 1.29 is 4.79 Å². The van der Waals surface area contributed by atoms with E-state index in [1.165, 1.54) is 0 Å². The Morgan fingerprint density at radius 3 is 2.88 bits per heavy atom. The Morgan fingerprint density at radius 1 is 1.23 bits per heavy atom. The van der Waals surface area contributed by atoms with Gasteiger partial charge < -0.3 is 5.32 Å². The smallest absolute Gasteiger partial charge is 0.251 e. The van der Waals surface area contributed by atoms with Gasteiger partial charge in [0.1, 0.15) is 17.7 Å². The number of pyridine rings is 1. The van der Waals surface area contributed by atoms with Crippen molar-refractivity contribution in [3.63, 3.8) is 0 Å². The fraction of sp³-hybridized carbons (Fsp3) is 0.167. The molecule has 0 saturated carbocycles. The number of fused-ring (bicyclic) bond motifs is 1. The van der Waals surface area contributed by atoms with Crippen LogP contribution in [0.1, 0.15) is 22.8 Å². The molecule has 130 valence electrons. The summed E-state index contributed by atoms with van der Waals surface area (Å²) < 4.78 is 3.62. The molecule has 0 saturated heterocycles. The lowest BCUT2D eigenvalue weighted by atomic mass is 10.2. The first kappa shape index (κ1) is 15.9. The van der Waals surface area contributed by atoms with Crippen molar-refractivity contribution in [2.45, 2.75) is 20.0 Å². The first-order valence-corrected chi connectivity index (χ1v) is 8.29. The monoisotopic (exact) mass is 347 g/mol. The summed E-state index contributed by atoms with van der Waals surface area (Å²) >= 11 is 0. The lowest BCUT2D eigenvalue weighted by Gasteiger charge is -2.07. The molecule has 0 radical (unpaired) electrons. The molecule has 1 N–H and O–H groups in total. The fourth-order valence-corrected chi connectivity index (χ4v) is 2.70. The van der Waals surface area contributed by atoms with Crippen LogP contribution in [0.4, 0.5) is 0 Å². The van der Waals surface area contributed by atoms with Gasteiger partial charge in [0.05, 0.1) is 5.52 Å². The Hall–Kier alpha value is -3.55. The van der Waals surface area contributed by atoms with Crippen LogP contribution in [0, 0.1) is 0 Å². The van der Waals surface area contributed by atoms with Crippen LogP contribution in [-0.2, 0) is 13.1 Å². The van der Waals surface area contributed by atoms with E-state index >= 15 is 0 Å². The molecule has 0 atom stereocenters. The van der Waals surface area contributed by atoms with Crippen LogP contribution in [0.2, 0.25) is 0 Å². The summed E-state index contributed by atoms with van der Waals surface area (Å²) in [5.41, 5.74) is 3.11. The molecule has 0 aliphatic carbocycles. The number of nitrogens with zero attached hydrogens (tertiary/aromatic N) is 6. The molecule has 0 unspecified atom stereocenters. The van der Waals surface area contributed by atoms with Crippen molar-refractivity contribution in [3.8, 4) is 5.82 Å². The summed E-state index contributed by atoms with van der Waals surface area (Å²) in [6.07, 6.45) is 6.96. The second-order valence-electron chi connectivity index (χ2n) is 5.79. The van der Waals surface area contributed by atoms with E-state index in [9.17, 15) is 4.79 Å². The number of imidazole rings is 1. The Balaban J connectivity index is 1.43. The van der Waals surface area contributed by atoms with Gasteiger partial charge in [0.15, 0.2) is 0 Å². The van der Waals surface area contributed by atoms with E-state index in [-0.39, 0.29) is 5.91 Å². The van der Waals surface area contributed by atoms with E-state index in [0.717, 1.165) is 23.4 Å². The fourth-order valence-electron chi connectivity index (χ4n) is 2.70. The lowest BCUT2D eigenvalue weighted by molar-refractivity contribution is 0.0951.